The van der Waals surface area contributed by atoms with E-state index in [2.05, 4.69) is 22.1 Å². The summed E-state index contributed by atoms with van der Waals surface area (Å²) < 4.78 is 5.33. The van der Waals surface area contributed by atoms with E-state index in [1.807, 2.05) is 0 Å². The zero-order valence-corrected chi connectivity index (χ0v) is 7.00. The van der Waals surface area contributed by atoms with Gasteiger partial charge in [0.1, 0.15) is 11.1 Å². The van der Waals surface area contributed by atoms with E-state index in [-0.39, 0.29) is 11.1 Å². The van der Waals surface area contributed by atoms with Gasteiger partial charge in [-0.3, -0.25) is 4.79 Å². The first-order valence-corrected chi connectivity index (χ1v) is 4.04. The molecule has 66 valence electrons. The zero-order valence-electron chi connectivity index (χ0n) is 7.00. The van der Waals surface area contributed by atoms with E-state index in [4.69, 9.17) is 4.42 Å². The summed E-state index contributed by atoms with van der Waals surface area (Å²) in [7, 11) is 0. The minimum Gasteiger partial charge on any atom is -0.448 e. The molecule has 0 aliphatic heterocycles. The molecule has 0 bridgehead atoms. The molecule has 3 aromatic rings. The minimum absolute atomic E-state index is 0.246. The van der Waals surface area contributed by atoms with Gasteiger partial charge in [0.2, 0.25) is 5.58 Å². The van der Waals surface area contributed by atoms with Crippen LogP contribution in [0.1, 0.15) is 0 Å². The molecule has 3 rings (SSSR count). The van der Waals surface area contributed by atoms with Crippen molar-refractivity contribution in [2.75, 3.05) is 0 Å². The van der Waals surface area contributed by atoms with Crippen molar-refractivity contribution in [2.45, 2.75) is 0 Å². The quantitative estimate of drug-likeness (QED) is 0.572. The number of rotatable bonds is 0. The highest BCUT2D eigenvalue weighted by molar-refractivity contribution is 6.01. The highest BCUT2D eigenvalue weighted by Gasteiger charge is 2.09. The third kappa shape index (κ3) is 0.783. The molecule has 0 aliphatic carbocycles. The van der Waals surface area contributed by atoms with Crippen LogP contribution >= 0.6 is 0 Å². The van der Waals surface area contributed by atoms with Crippen molar-refractivity contribution in [1.82, 2.24) is 9.97 Å². The van der Waals surface area contributed by atoms with Gasteiger partial charge in [-0.1, -0.05) is 12.1 Å². The number of nitrogens with one attached hydrogen (secondary N) is 1. The van der Waals surface area contributed by atoms with Gasteiger partial charge in [0.25, 0.3) is 5.56 Å². The van der Waals surface area contributed by atoms with Crippen LogP contribution in [-0.4, -0.2) is 9.97 Å². The fraction of sp³-hybridized carbons (Fsp3) is 0. The standard InChI is InChI=1S/C10H4N2O2/c13-10-9-8(11-5-12-10)6-3-1-2-4-7(6)14-9/h3-5H,(H,11,12,13). The van der Waals surface area contributed by atoms with Crippen molar-refractivity contribution in [3.63, 3.8) is 0 Å². The molecule has 1 aromatic carbocycles. The van der Waals surface area contributed by atoms with E-state index >= 15 is 0 Å². The highest BCUT2D eigenvalue weighted by Crippen LogP contribution is 2.22. The topological polar surface area (TPSA) is 58.9 Å². The second-order valence-electron chi connectivity index (χ2n) is 2.87. The van der Waals surface area contributed by atoms with Gasteiger partial charge in [0.15, 0.2) is 0 Å². The van der Waals surface area contributed by atoms with E-state index in [1.54, 1.807) is 12.1 Å². The van der Waals surface area contributed by atoms with Crippen LogP contribution in [0.3, 0.4) is 0 Å². The molecule has 0 saturated heterocycles. The van der Waals surface area contributed by atoms with E-state index in [0.717, 1.165) is 5.39 Å². The summed E-state index contributed by atoms with van der Waals surface area (Å²) in [6.45, 7) is 0. The molecular weight excluding hydrogens is 180 g/mol. The summed E-state index contributed by atoms with van der Waals surface area (Å²) in [5.41, 5.74) is 1.14. The van der Waals surface area contributed by atoms with Crippen molar-refractivity contribution in [2.24, 2.45) is 0 Å². The van der Waals surface area contributed by atoms with Crippen LogP contribution in [-0.2, 0) is 0 Å². The van der Waals surface area contributed by atoms with E-state index < -0.39 is 0 Å². The van der Waals surface area contributed by atoms with Crippen molar-refractivity contribution < 1.29 is 4.42 Å². The Morgan fingerprint density at radius 2 is 2.21 bits per heavy atom. The molecule has 1 N–H and O–H groups in total. The molecule has 0 saturated carbocycles. The fourth-order valence-electron chi connectivity index (χ4n) is 1.42. The number of fused-ring (bicyclic) bond motifs is 3. The number of H-pyrrole nitrogens is 1. The molecule has 14 heavy (non-hydrogen) atoms. The average molecular weight is 184 g/mol. The van der Waals surface area contributed by atoms with Crippen LogP contribution in [0, 0.1) is 12.1 Å². The fourth-order valence-corrected chi connectivity index (χ4v) is 1.42. The van der Waals surface area contributed by atoms with Gasteiger partial charge in [-0.2, -0.15) is 0 Å². The molecule has 2 aromatic heterocycles. The van der Waals surface area contributed by atoms with Crippen molar-refractivity contribution in [3.8, 4) is 0 Å². The van der Waals surface area contributed by atoms with Crippen molar-refractivity contribution in [3.05, 3.63) is 40.9 Å². The Morgan fingerprint density at radius 3 is 3.14 bits per heavy atom. The lowest BCUT2D eigenvalue weighted by molar-refractivity contribution is 0.661. The van der Waals surface area contributed by atoms with Crippen LogP contribution < -0.4 is 5.56 Å². The van der Waals surface area contributed by atoms with Gasteiger partial charge in [0, 0.05) is 12.1 Å². The van der Waals surface area contributed by atoms with Crippen LogP contribution in [0.2, 0.25) is 0 Å². The van der Waals surface area contributed by atoms with Crippen LogP contribution in [0.4, 0.5) is 0 Å². The first kappa shape index (κ1) is 7.15. The summed E-state index contributed by atoms with van der Waals surface area (Å²) in [4.78, 5) is 17.8. The number of hydrogen-bond acceptors (Lipinski definition) is 3. The monoisotopic (exact) mass is 184 g/mol. The molecule has 4 nitrogen and oxygen atoms in total. The molecule has 4 heteroatoms. The van der Waals surface area contributed by atoms with E-state index in [0.29, 0.717) is 11.1 Å². The van der Waals surface area contributed by atoms with E-state index in [9.17, 15) is 4.79 Å². The third-order valence-corrected chi connectivity index (χ3v) is 2.05. The number of hydrogen-bond donors (Lipinski definition) is 1. The van der Waals surface area contributed by atoms with Gasteiger partial charge in [-0.15, -0.1) is 0 Å². The summed E-state index contributed by atoms with van der Waals surface area (Å²) in [5.74, 6) is 0. The Bertz CT molecular complexity index is 666. The van der Waals surface area contributed by atoms with Gasteiger partial charge < -0.3 is 9.40 Å². The van der Waals surface area contributed by atoms with Crippen LogP contribution in [0.5, 0.6) is 0 Å². The third-order valence-electron chi connectivity index (χ3n) is 2.05. The molecule has 0 atom stereocenters. The Hall–Kier alpha value is -2.28. The minimum atomic E-state index is -0.272. The smallest absolute Gasteiger partial charge is 0.294 e. The summed E-state index contributed by atoms with van der Waals surface area (Å²) >= 11 is 0. The second kappa shape index (κ2) is 2.36. The summed E-state index contributed by atoms with van der Waals surface area (Å²) in [6, 6.07) is 8.89. The first-order valence-electron chi connectivity index (χ1n) is 4.04. The normalized spacial score (nSPS) is 10.6. The maximum Gasteiger partial charge on any atom is 0.294 e. The Morgan fingerprint density at radius 1 is 1.36 bits per heavy atom. The largest absolute Gasteiger partial charge is 0.448 e. The van der Waals surface area contributed by atoms with Crippen LogP contribution in [0.25, 0.3) is 22.1 Å². The lowest BCUT2D eigenvalue weighted by Gasteiger charge is -1.83. The Balaban J connectivity index is 2.70. The van der Waals surface area contributed by atoms with Gasteiger partial charge in [0.05, 0.1) is 11.7 Å². The maximum atomic E-state index is 11.3. The lowest BCUT2D eigenvalue weighted by atomic mass is 10.3. The SMILES string of the molecule is O=c1[nH]cnc2c1oc1cc#ccc12. The molecule has 0 unspecified atom stereocenters. The molecule has 0 spiro atoms. The number of nitrogens with zero attached hydrogens (tertiary/aromatic N) is 1. The Kier molecular flexibility index (Phi) is 1.21. The second-order valence-corrected chi connectivity index (χ2v) is 2.87. The Labute approximate surface area is 78.2 Å². The molecule has 0 radical (unpaired) electrons. The van der Waals surface area contributed by atoms with Crippen molar-refractivity contribution in [1.29, 1.82) is 0 Å². The zero-order chi connectivity index (χ0) is 9.54. The molecule has 2 heterocycles. The number of aromatic amines is 1. The van der Waals surface area contributed by atoms with Gasteiger partial charge in [-0.05, 0) is 0 Å². The molecule has 0 fully saturated rings. The summed E-state index contributed by atoms with van der Waals surface area (Å²) in [5, 5.41) is 0.782. The molecule has 0 amide bonds. The van der Waals surface area contributed by atoms with Gasteiger partial charge in [-0.25, -0.2) is 4.98 Å². The van der Waals surface area contributed by atoms with Crippen molar-refractivity contribution >= 4 is 22.1 Å². The van der Waals surface area contributed by atoms with Crippen LogP contribution in [0.15, 0.2) is 27.7 Å². The summed E-state index contributed by atoms with van der Waals surface area (Å²) in [6.07, 6.45) is 1.36. The molecular formula is C10H4N2O2. The highest BCUT2D eigenvalue weighted by atomic mass is 16.3. The number of aromatic nitrogens is 2. The average Bonchev–Trinajstić information content (AvgIpc) is 2.59. The maximum absolute atomic E-state index is 11.3. The lowest BCUT2D eigenvalue weighted by Crippen LogP contribution is -2.03. The first-order chi connectivity index (χ1) is 6.86. The predicted octanol–water partition coefficient (Wildman–Crippen LogP) is 1.27. The van der Waals surface area contributed by atoms with E-state index in [1.165, 1.54) is 6.33 Å². The molecule has 0 aliphatic rings. The predicted molar refractivity (Wildman–Crippen MR) is 49.8 cm³/mol. The number of furan rings is 1. The van der Waals surface area contributed by atoms with Gasteiger partial charge >= 0.3 is 0 Å².